The summed E-state index contributed by atoms with van der Waals surface area (Å²) in [5.74, 6) is 0.369. The van der Waals surface area contributed by atoms with E-state index in [-0.39, 0.29) is 10.7 Å². The SMILES string of the molecule is Cc1cccc(C=C2C(=O)NC(=S)N(c3ccc(Oc4ccccc4)cc3)C2=O)c1C. The van der Waals surface area contributed by atoms with E-state index < -0.39 is 11.8 Å². The van der Waals surface area contributed by atoms with E-state index in [1.165, 1.54) is 4.90 Å². The molecule has 0 saturated carbocycles. The molecular weight excluding hydrogens is 408 g/mol. The topological polar surface area (TPSA) is 58.6 Å². The Morgan fingerprint density at radius 3 is 2.26 bits per heavy atom. The Morgan fingerprint density at radius 1 is 0.871 bits per heavy atom. The second-order valence-electron chi connectivity index (χ2n) is 7.16. The number of nitrogens with zero attached hydrogens (tertiary/aromatic N) is 1. The summed E-state index contributed by atoms with van der Waals surface area (Å²) in [6.07, 6.45) is 1.61. The lowest BCUT2D eigenvalue weighted by molar-refractivity contribution is -0.122. The van der Waals surface area contributed by atoms with Crippen LogP contribution in [-0.4, -0.2) is 16.9 Å². The van der Waals surface area contributed by atoms with Crippen LogP contribution in [0.25, 0.3) is 6.08 Å². The summed E-state index contributed by atoms with van der Waals surface area (Å²) in [7, 11) is 0. The molecule has 0 unspecified atom stereocenters. The monoisotopic (exact) mass is 428 g/mol. The third kappa shape index (κ3) is 4.25. The molecule has 2 amide bonds. The molecule has 0 atom stereocenters. The van der Waals surface area contributed by atoms with Crippen LogP contribution in [0.15, 0.2) is 78.4 Å². The summed E-state index contributed by atoms with van der Waals surface area (Å²) in [5, 5.41) is 2.66. The van der Waals surface area contributed by atoms with Crippen LogP contribution < -0.4 is 15.0 Å². The molecule has 1 saturated heterocycles. The van der Waals surface area contributed by atoms with Crippen LogP contribution >= 0.6 is 12.2 Å². The highest BCUT2D eigenvalue weighted by Gasteiger charge is 2.34. The standard InChI is InChI=1S/C25H20N2O3S/c1-16-7-6-8-18(17(16)2)15-22-23(28)26-25(31)27(24(22)29)19-11-13-21(14-12-19)30-20-9-4-3-5-10-20/h3-15H,1-2H3,(H,26,28,31). The van der Waals surface area contributed by atoms with Crippen molar-refractivity contribution < 1.29 is 14.3 Å². The van der Waals surface area contributed by atoms with Crippen LogP contribution in [0, 0.1) is 13.8 Å². The van der Waals surface area contributed by atoms with Crippen molar-refractivity contribution in [3.05, 3.63) is 95.1 Å². The molecule has 31 heavy (non-hydrogen) atoms. The molecule has 1 aliphatic heterocycles. The van der Waals surface area contributed by atoms with E-state index in [4.69, 9.17) is 17.0 Å². The second-order valence-corrected chi connectivity index (χ2v) is 7.54. The largest absolute Gasteiger partial charge is 0.457 e. The van der Waals surface area contributed by atoms with E-state index >= 15 is 0 Å². The molecule has 154 valence electrons. The molecule has 3 aromatic carbocycles. The average molecular weight is 429 g/mol. The van der Waals surface area contributed by atoms with Crippen LogP contribution in [-0.2, 0) is 9.59 Å². The Morgan fingerprint density at radius 2 is 1.55 bits per heavy atom. The maximum atomic E-state index is 13.2. The molecule has 3 aromatic rings. The van der Waals surface area contributed by atoms with E-state index in [0.717, 1.165) is 16.7 Å². The summed E-state index contributed by atoms with van der Waals surface area (Å²) in [4.78, 5) is 27.0. The molecule has 1 fully saturated rings. The molecule has 6 heteroatoms. The van der Waals surface area contributed by atoms with Crippen molar-refractivity contribution in [2.75, 3.05) is 4.90 Å². The minimum absolute atomic E-state index is 0.0342. The lowest BCUT2D eigenvalue weighted by Gasteiger charge is -2.29. The fourth-order valence-corrected chi connectivity index (χ4v) is 3.55. The molecule has 0 radical (unpaired) electrons. The molecule has 0 spiro atoms. The van der Waals surface area contributed by atoms with Crippen molar-refractivity contribution in [1.29, 1.82) is 0 Å². The fourth-order valence-electron chi connectivity index (χ4n) is 3.27. The third-order valence-electron chi connectivity index (χ3n) is 5.12. The molecule has 1 heterocycles. The van der Waals surface area contributed by atoms with E-state index in [0.29, 0.717) is 17.2 Å². The molecule has 0 bridgehead atoms. The van der Waals surface area contributed by atoms with Gasteiger partial charge in [-0.05, 0) is 85.2 Å². The molecule has 0 aliphatic carbocycles. The van der Waals surface area contributed by atoms with Crippen molar-refractivity contribution in [2.45, 2.75) is 13.8 Å². The first-order chi connectivity index (χ1) is 14.9. The lowest BCUT2D eigenvalue weighted by atomic mass is 10.00. The van der Waals surface area contributed by atoms with Crippen molar-refractivity contribution >= 4 is 40.9 Å². The first-order valence-electron chi connectivity index (χ1n) is 9.74. The zero-order valence-electron chi connectivity index (χ0n) is 17.1. The van der Waals surface area contributed by atoms with Crippen molar-refractivity contribution in [2.24, 2.45) is 0 Å². The lowest BCUT2D eigenvalue weighted by Crippen LogP contribution is -2.54. The van der Waals surface area contributed by atoms with E-state index in [1.54, 1.807) is 30.3 Å². The summed E-state index contributed by atoms with van der Waals surface area (Å²) < 4.78 is 5.80. The van der Waals surface area contributed by atoms with Crippen LogP contribution in [0.5, 0.6) is 11.5 Å². The van der Waals surface area contributed by atoms with Gasteiger partial charge in [-0.1, -0.05) is 36.4 Å². The second kappa shape index (κ2) is 8.53. The Hall–Kier alpha value is -3.77. The van der Waals surface area contributed by atoms with Crippen LogP contribution in [0.3, 0.4) is 0 Å². The van der Waals surface area contributed by atoms with Gasteiger partial charge in [0.1, 0.15) is 17.1 Å². The summed E-state index contributed by atoms with van der Waals surface area (Å²) >= 11 is 5.28. The third-order valence-corrected chi connectivity index (χ3v) is 5.41. The predicted molar refractivity (Wildman–Crippen MR) is 125 cm³/mol. The van der Waals surface area contributed by atoms with Crippen LogP contribution in [0.4, 0.5) is 5.69 Å². The molecule has 4 rings (SSSR count). The minimum Gasteiger partial charge on any atom is -0.457 e. The number of para-hydroxylation sites is 1. The molecule has 0 aromatic heterocycles. The number of carbonyl (C=O) groups excluding carboxylic acids is 2. The minimum atomic E-state index is -0.504. The van der Waals surface area contributed by atoms with Gasteiger partial charge in [-0.2, -0.15) is 0 Å². The summed E-state index contributed by atoms with van der Waals surface area (Å²) in [6, 6.07) is 22.1. The number of hydrogen-bond acceptors (Lipinski definition) is 4. The van der Waals surface area contributed by atoms with Gasteiger partial charge >= 0.3 is 0 Å². The number of thiocarbonyl (C=S) groups is 1. The number of anilines is 1. The number of ether oxygens (including phenoxy) is 1. The quantitative estimate of drug-likeness (QED) is 0.364. The Kier molecular flexibility index (Phi) is 5.64. The molecule has 1 N–H and O–H groups in total. The van der Waals surface area contributed by atoms with Gasteiger partial charge in [0.05, 0.1) is 5.69 Å². The Bertz CT molecular complexity index is 1200. The van der Waals surface area contributed by atoms with Crippen LogP contribution in [0.1, 0.15) is 16.7 Å². The number of carbonyl (C=O) groups is 2. The fraction of sp³-hybridized carbons (Fsp3) is 0.0800. The van der Waals surface area contributed by atoms with E-state index in [9.17, 15) is 9.59 Å². The molecule has 1 aliphatic rings. The smallest absolute Gasteiger partial charge is 0.270 e. The maximum absolute atomic E-state index is 13.2. The zero-order valence-corrected chi connectivity index (χ0v) is 17.9. The van der Waals surface area contributed by atoms with Gasteiger partial charge in [0.2, 0.25) is 0 Å². The Balaban J connectivity index is 1.63. The summed E-state index contributed by atoms with van der Waals surface area (Å²) in [6.45, 7) is 3.95. The van der Waals surface area contributed by atoms with Gasteiger partial charge < -0.3 is 4.74 Å². The van der Waals surface area contributed by atoms with Gasteiger partial charge in [-0.3, -0.25) is 19.8 Å². The van der Waals surface area contributed by atoms with Gasteiger partial charge in [0, 0.05) is 0 Å². The van der Waals surface area contributed by atoms with Crippen LogP contribution in [0.2, 0.25) is 0 Å². The van der Waals surface area contributed by atoms with Gasteiger partial charge in [0.25, 0.3) is 11.8 Å². The number of hydrogen-bond donors (Lipinski definition) is 1. The van der Waals surface area contributed by atoms with E-state index in [1.807, 2.05) is 62.4 Å². The number of rotatable bonds is 4. The van der Waals surface area contributed by atoms with Crippen molar-refractivity contribution in [3.63, 3.8) is 0 Å². The normalized spacial score (nSPS) is 15.2. The highest BCUT2D eigenvalue weighted by atomic mass is 32.1. The predicted octanol–water partition coefficient (Wildman–Crippen LogP) is 4.93. The highest BCUT2D eigenvalue weighted by molar-refractivity contribution is 7.80. The number of aryl methyl sites for hydroxylation is 1. The highest BCUT2D eigenvalue weighted by Crippen LogP contribution is 2.27. The zero-order chi connectivity index (χ0) is 22.0. The molecular formula is C25H20N2O3S. The average Bonchev–Trinajstić information content (AvgIpc) is 2.76. The maximum Gasteiger partial charge on any atom is 0.270 e. The molecule has 5 nitrogen and oxygen atoms in total. The van der Waals surface area contributed by atoms with Gasteiger partial charge in [0.15, 0.2) is 5.11 Å². The van der Waals surface area contributed by atoms with E-state index in [2.05, 4.69) is 5.32 Å². The Labute approximate surface area is 186 Å². The number of nitrogens with one attached hydrogen (secondary N) is 1. The first-order valence-corrected chi connectivity index (χ1v) is 10.2. The number of benzene rings is 3. The van der Waals surface area contributed by atoms with Crippen molar-refractivity contribution in [3.8, 4) is 11.5 Å². The number of amides is 2. The van der Waals surface area contributed by atoms with Gasteiger partial charge in [-0.25, -0.2) is 0 Å². The first kappa shape index (κ1) is 20.5. The van der Waals surface area contributed by atoms with Crippen molar-refractivity contribution in [1.82, 2.24) is 5.32 Å². The van der Waals surface area contributed by atoms with Gasteiger partial charge in [-0.15, -0.1) is 0 Å². The summed E-state index contributed by atoms with van der Waals surface area (Å²) in [5.41, 5.74) is 3.49.